The summed E-state index contributed by atoms with van der Waals surface area (Å²) in [7, 11) is 0. The van der Waals surface area contributed by atoms with E-state index < -0.39 is 0 Å². The number of nitrogens with one attached hydrogen (secondary N) is 2. The van der Waals surface area contributed by atoms with Crippen LogP contribution in [-0.4, -0.2) is 52.1 Å². The molecule has 2 aliphatic rings. The number of piperidine rings is 1. The number of benzene rings is 1. The summed E-state index contributed by atoms with van der Waals surface area (Å²) in [6, 6.07) is 7.54. The molecular weight excluding hydrogens is 468 g/mol. The Hall–Kier alpha value is -3.47. The molecule has 10 nitrogen and oxygen atoms in total. The van der Waals surface area contributed by atoms with Gasteiger partial charge in [0.1, 0.15) is 23.3 Å². The topological polar surface area (TPSA) is 118 Å². The molecule has 1 aliphatic heterocycles. The van der Waals surface area contributed by atoms with Crippen LogP contribution in [0.15, 0.2) is 35.4 Å². The summed E-state index contributed by atoms with van der Waals surface area (Å²) in [6.07, 6.45) is 5.05. The second kappa shape index (κ2) is 10.0. The first-order valence-corrected chi connectivity index (χ1v) is 12.8. The van der Waals surface area contributed by atoms with Crippen LogP contribution in [0.3, 0.4) is 0 Å². The maximum absolute atomic E-state index is 13.0. The van der Waals surface area contributed by atoms with E-state index in [0.29, 0.717) is 47.5 Å². The number of thiazole rings is 1. The van der Waals surface area contributed by atoms with Crippen molar-refractivity contribution in [2.75, 3.05) is 29.9 Å². The smallest absolute Gasteiger partial charge is 0.273 e. The largest absolute Gasteiger partial charge is 0.492 e. The van der Waals surface area contributed by atoms with Gasteiger partial charge in [-0.25, -0.2) is 4.98 Å². The molecule has 2 N–H and O–H groups in total. The highest BCUT2D eigenvalue weighted by Gasteiger charge is 2.30. The number of aromatic nitrogens is 3. The minimum absolute atomic E-state index is 0.0305. The molecule has 1 saturated carbocycles. The first kappa shape index (κ1) is 23.3. The van der Waals surface area contributed by atoms with Gasteiger partial charge in [0.2, 0.25) is 11.8 Å². The monoisotopic (exact) mass is 496 g/mol. The number of fused-ring (bicyclic) bond motifs is 1. The predicted molar refractivity (Wildman–Crippen MR) is 134 cm³/mol. The molecule has 0 atom stereocenters. The number of rotatable bonds is 8. The summed E-state index contributed by atoms with van der Waals surface area (Å²) < 4.78 is 7.24. The minimum Gasteiger partial charge on any atom is -0.492 e. The van der Waals surface area contributed by atoms with Gasteiger partial charge in [-0.2, -0.15) is 4.98 Å². The number of amides is 2. The van der Waals surface area contributed by atoms with Gasteiger partial charge in [0.05, 0.1) is 12.3 Å². The van der Waals surface area contributed by atoms with Gasteiger partial charge in [0.15, 0.2) is 10.8 Å². The van der Waals surface area contributed by atoms with E-state index in [1.165, 1.54) is 22.2 Å². The molecule has 11 heteroatoms. The Morgan fingerprint density at radius 3 is 2.69 bits per heavy atom. The van der Waals surface area contributed by atoms with E-state index in [4.69, 9.17) is 4.74 Å². The zero-order valence-electron chi connectivity index (χ0n) is 19.5. The number of hydrogen-bond donors (Lipinski definition) is 2. The highest BCUT2D eigenvalue weighted by atomic mass is 32.1. The first-order valence-electron chi connectivity index (χ1n) is 11.9. The van der Waals surface area contributed by atoms with Gasteiger partial charge in [-0.05, 0) is 44.7 Å². The average Bonchev–Trinajstić information content (AvgIpc) is 3.56. The van der Waals surface area contributed by atoms with Crippen LogP contribution in [0.2, 0.25) is 0 Å². The Bertz CT molecular complexity index is 1290. The van der Waals surface area contributed by atoms with Gasteiger partial charge in [-0.15, -0.1) is 0 Å². The second-order valence-electron chi connectivity index (χ2n) is 8.85. The Morgan fingerprint density at radius 2 is 1.94 bits per heavy atom. The number of anilines is 2. The highest BCUT2D eigenvalue weighted by Crippen LogP contribution is 2.30. The van der Waals surface area contributed by atoms with Crippen LogP contribution in [0.5, 0.6) is 5.75 Å². The first-order chi connectivity index (χ1) is 17.0. The quantitative estimate of drug-likeness (QED) is 0.492. The Kier molecular flexibility index (Phi) is 6.67. The fraction of sp³-hybridized carbons (Fsp3) is 0.458. The van der Waals surface area contributed by atoms with E-state index in [1.54, 1.807) is 18.2 Å². The van der Waals surface area contributed by atoms with Crippen molar-refractivity contribution in [3.05, 3.63) is 40.9 Å². The third-order valence-corrected chi connectivity index (χ3v) is 7.30. The van der Waals surface area contributed by atoms with Crippen LogP contribution in [-0.2, 0) is 16.1 Å². The van der Waals surface area contributed by atoms with Crippen molar-refractivity contribution in [3.8, 4) is 5.75 Å². The van der Waals surface area contributed by atoms with Crippen molar-refractivity contribution in [2.24, 2.45) is 5.92 Å². The Morgan fingerprint density at radius 1 is 1.17 bits per heavy atom. The molecule has 2 aromatic heterocycles. The molecule has 1 saturated heterocycles. The van der Waals surface area contributed by atoms with Gasteiger partial charge in [0.25, 0.3) is 5.56 Å². The fourth-order valence-electron chi connectivity index (χ4n) is 4.16. The Balaban J connectivity index is 1.25. The summed E-state index contributed by atoms with van der Waals surface area (Å²) in [5.74, 6) is 0.410. The molecule has 0 spiro atoms. The van der Waals surface area contributed by atoms with Crippen molar-refractivity contribution in [3.63, 3.8) is 0 Å². The molecule has 3 heterocycles. The lowest BCUT2D eigenvalue weighted by molar-refractivity contribution is -0.125. The molecule has 3 aromatic rings. The second-order valence-corrected chi connectivity index (χ2v) is 9.83. The molecule has 0 unspecified atom stereocenters. The fourth-order valence-corrected chi connectivity index (χ4v) is 5.18. The lowest BCUT2D eigenvalue weighted by atomic mass is 9.96. The predicted octanol–water partition coefficient (Wildman–Crippen LogP) is 2.39. The van der Waals surface area contributed by atoms with Crippen molar-refractivity contribution in [1.29, 1.82) is 0 Å². The van der Waals surface area contributed by atoms with Crippen LogP contribution >= 0.6 is 11.3 Å². The van der Waals surface area contributed by atoms with Crippen molar-refractivity contribution >= 4 is 44.3 Å². The maximum Gasteiger partial charge on any atom is 0.273 e. The normalized spacial score (nSPS) is 16.3. The molecule has 5 rings (SSSR count). The van der Waals surface area contributed by atoms with Crippen LogP contribution in [0.25, 0.3) is 10.3 Å². The van der Waals surface area contributed by atoms with E-state index in [1.807, 2.05) is 13.0 Å². The van der Waals surface area contributed by atoms with Gasteiger partial charge in [-0.3, -0.25) is 19.0 Å². The van der Waals surface area contributed by atoms with Crippen molar-refractivity contribution in [1.82, 2.24) is 19.9 Å². The molecule has 35 heavy (non-hydrogen) atoms. The van der Waals surface area contributed by atoms with E-state index in [9.17, 15) is 14.4 Å². The van der Waals surface area contributed by atoms with E-state index in [2.05, 4.69) is 25.5 Å². The van der Waals surface area contributed by atoms with Crippen LogP contribution in [0, 0.1) is 5.92 Å². The van der Waals surface area contributed by atoms with Crippen molar-refractivity contribution in [2.45, 2.75) is 45.2 Å². The van der Waals surface area contributed by atoms with E-state index in [-0.39, 0.29) is 29.8 Å². The highest BCUT2D eigenvalue weighted by molar-refractivity contribution is 7.22. The lowest BCUT2D eigenvalue weighted by Crippen LogP contribution is -2.41. The summed E-state index contributed by atoms with van der Waals surface area (Å²) >= 11 is 1.28. The van der Waals surface area contributed by atoms with E-state index in [0.717, 1.165) is 30.8 Å². The van der Waals surface area contributed by atoms with Crippen LogP contribution in [0.4, 0.5) is 10.8 Å². The lowest BCUT2D eigenvalue weighted by Gasteiger charge is -2.30. The average molecular weight is 497 g/mol. The van der Waals surface area contributed by atoms with Crippen LogP contribution in [0.1, 0.15) is 32.6 Å². The van der Waals surface area contributed by atoms with Crippen LogP contribution < -0.4 is 25.8 Å². The number of para-hydroxylation sites is 2. The molecule has 0 radical (unpaired) electrons. The molecule has 0 bridgehead atoms. The summed E-state index contributed by atoms with van der Waals surface area (Å²) in [5, 5.41) is 6.61. The molecule has 2 fully saturated rings. The van der Waals surface area contributed by atoms with Gasteiger partial charge < -0.3 is 20.3 Å². The third-order valence-electron chi connectivity index (χ3n) is 6.21. The summed E-state index contributed by atoms with van der Waals surface area (Å²) in [6.45, 7) is 3.59. The number of hydrogen-bond acceptors (Lipinski definition) is 8. The molecule has 184 valence electrons. The third kappa shape index (κ3) is 5.29. The minimum atomic E-state index is -0.350. The number of nitrogens with zero attached hydrogens (tertiary/aromatic N) is 4. The zero-order chi connectivity index (χ0) is 24.4. The number of carbonyl (C=O) groups is 2. The molecule has 1 aromatic carbocycles. The number of ether oxygens (including phenoxy) is 1. The van der Waals surface area contributed by atoms with Gasteiger partial charge in [0, 0.05) is 25.0 Å². The zero-order valence-corrected chi connectivity index (χ0v) is 20.3. The maximum atomic E-state index is 13.0. The van der Waals surface area contributed by atoms with E-state index >= 15 is 0 Å². The summed E-state index contributed by atoms with van der Waals surface area (Å²) in [5.41, 5.74) is 0.628. The Labute approximate surface area is 206 Å². The van der Waals surface area contributed by atoms with Gasteiger partial charge in [-0.1, -0.05) is 23.5 Å². The van der Waals surface area contributed by atoms with Gasteiger partial charge >= 0.3 is 0 Å². The molecule has 1 aliphatic carbocycles. The standard InChI is InChI=1S/C24H28N6O4S/c1-2-34-18-6-4-3-5-17(18)27-19(31)13-30-14-25-21-20(23(30)33)35-24(28-21)29-11-9-15(10-12-29)22(32)26-16-7-8-16/h3-6,14-16H,2,7-13H2,1H3,(H,26,32)(H,27,31). The SMILES string of the molecule is CCOc1ccccc1NC(=O)Cn1cnc2nc(N3CCC(C(=O)NC4CC4)CC3)sc2c1=O. The molecule has 2 amide bonds. The number of carbonyl (C=O) groups excluding carboxylic acids is 2. The van der Waals surface area contributed by atoms with Crippen molar-refractivity contribution < 1.29 is 14.3 Å². The molecular formula is C24H28N6O4S. The summed E-state index contributed by atoms with van der Waals surface area (Å²) in [4.78, 5) is 49.0.